The molecule has 0 bridgehead atoms. The molecular formula is C12H22N2O4S. The molecule has 0 aromatic rings. The van der Waals surface area contributed by atoms with E-state index in [-0.39, 0.29) is 29.5 Å². The van der Waals surface area contributed by atoms with Crippen molar-refractivity contribution in [3.63, 3.8) is 0 Å². The highest BCUT2D eigenvalue weighted by molar-refractivity contribution is 7.91. The maximum atomic E-state index is 12.5. The number of nitrogens with one attached hydrogen (secondary N) is 1. The molecule has 110 valence electrons. The Morgan fingerprint density at radius 3 is 2.74 bits per heavy atom. The fourth-order valence-electron chi connectivity index (χ4n) is 2.78. The highest BCUT2D eigenvalue weighted by Gasteiger charge is 2.37. The molecule has 6 nitrogen and oxygen atoms in total. The lowest BCUT2D eigenvalue weighted by Gasteiger charge is -2.30. The van der Waals surface area contributed by atoms with Gasteiger partial charge in [-0.3, -0.25) is 4.79 Å². The van der Waals surface area contributed by atoms with Crippen molar-refractivity contribution in [1.29, 1.82) is 0 Å². The molecule has 2 unspecified atom stereocenters. The number of rotatable bonds is 5. The molecule has 0 aromatic carbocycles. The van der Waals surface area contributed by atoms with Gasteiger partial charge >= 0.3 is 0 Å². The van der Waals surface area contributed by atoms with Gasteiger partial charge < -0.3 is 15.0 Å². The molecule has 2 atom stereocenters. The number of hydrogen-bond donors (Lipinski definition) is 1. The Kier molecular flexibility index (Phi) is 4.81. The predicted octanol–water partition coefficient (Wildman–Crippen LogP) is -0.599. The lowest BCUT2D eigenvalue weighted by Crippen LogP contribution is -2.50. The largest absolute Gasteiger partial charge is 0.383 e. The minimum absolute atomic E-state index is 0.0247. The molecule has 0 aromatic heterocycles. The van der Waals surface area contributed by atoms with Crippen LogP contribution in [0.1, 0.15) is 19.3 Å². The van der Waals surface area contributed by atoms with Crippen LogP contribution in [-0.2, 0) is 19.4 Å². The van der Waals surface area contributed by atoms with Crippen LogP contribution in [0.5, 0.6) is 0 Å². The molecule has 1 amide bonds. The third kappa shape index (κ3) is 3.67. The van der Waals surface area contributed by atoms with E-state index >= 15 is 0 Å². The third-order valence-electron chi connectivity index (χ3n) is 3.83. The lowest BCUT2D eigenvalue weighted by molar-refractivity contribution is -0.135. The van der Waals surface area contributed by atoms with Crippen LogP contribution in [0, 0.1) is 0 Å². The average Bonchev–Trinajstić information content (AvgIpc) is 2.99. The molecule has 2 saturated heterocycles. The number of methoxy groups -OCH3 is 1. The highest BCUT2D eigenvalue weighted by Crippen LogP contribution is 2.20. The Hall–Kier alpha value is -0.660. The Labute approximate surface area is 114 Å². The topological polar surface area (TPSA) is 75.7 Å². The molecule has 0 aliphatic carbocycles. The first-order valence-electron chi connectivity index (χ1n) is 6.77. The number of nitrogens with zero attached hydrogens (tertiary/aromatic N) is 1. The zero-order chi connectivity index (χ0) is 13.9. The van der Waals surface area contributed by atoms with Crippen LogP contribution in [0.2, 0.25) is 0 Å². The minimum Gasteiger partial charge on any atom is -0.383 e. The second-order valence-corrected chi connectivity index (χ2v) is 7.46. The second kappa shape index (κ2) is 6.19. The van der Waals surface area contributed by atoms with E-state index in [0.717, 1.165) is 19.4 Å². The maximum Gasteiger partial charge on any atom is 0.240 e. The van der Waals surface area contributed by atoms with E-state index in [2.05, 4.69) is 5.32 Å². The Balaban J connectivity index is 2.04. The molecule has 2 rings (SSSR count). The minimum atomic E-state index is -2.98. The molecule has 19 heavy (non-hydrogen) atoms. The summed E-state index contributed by atoms with van der Waals surface area (Å²) in [6.07, 6.45) is 2.38. The average molecular weight is 290 g/mol. The SMILES string of the molecule is COCCN(C(=O)C1CCCN1)C1CCS(=O)(=O)C1. The van der Waals surface area contributed by atoms with Crippen molar-refractivity contribution in [3.8, 4) is 0 Å². The van der Waals surface area contributed by atoms with E-state index < -0.39 is 9.84 Å². The molecule has 1 N–H and O–H groups in total. The summed E-state index contributed by atoms with van der Waals surface area (Å²) in [5.74, 6) is 0.304. The van der Waals surface area contributed by atoms with Gasteiger partial charge in [0.1, 0.15) is 0 Å². The molecule has 2 heterocycles. The van der Waals surface area contributed by atoms with Gasteiger partial charge in [0.15, 0.2) is 9.84 Å². The van der Waals surface area contributed by atoms with Crippen LogP contribution < -0.4 is 5.32 Å². The van der Waals surface area contributed by atoms with Gasteiger partial charge in [0.2, 0.25) is 5.91 Å². The third-order valence-corrected chi connectivity index (χ3v) is 5.58. The van der Waals surface area contributed by atoms with Crippen LogP contribution in [0.4, 0.5) is 0 Å². The van der Waals surface area contributed by atoms with E-state index in [1.807, 2.05) is 0 Å². The second-order valence-electron chi connectivity index (χ2n) is 5.23. The fourth-order valence-corrected chi connectivity index (χ4v) is 4.51. The van der Waals surface area contributed by atoms with Gasteiger partial charge in [-0.05, 0) is 25.8 Å². The maximum absolute atomic E-state index is 12.5. The van der Waals surface area contributed by atoms with Crippen molar-refractivity contribution >= 4 is 15.7 Å². The zero-order valence-corrected chi connectivity index (χ0v) is 12.1. The van der Waals surface area contributed by atoms with Gasteiger partial charge in [-0.1, -0.05) is 0 Å². The summed E-state index contributed by atoms with van der Waals surface area (Å²) < 4.78 is 28.2. The van der Waals surface area contributed by atoms with Crippen molar-refractivity contribution in [2.75, 3.05) is 38.3 Å². The number of amides is 1. The van der Waals surface area contributed by atoms with Gasteiger partial charge in [0.05, 0.1) is 24.2 Å². The summed E-state index contributed by atoms with van der Waals surface area (Å²) >= 11 is 0. The molecule has 0 radical (unpaired) electrons. The van der Waals surface area contributed by atoms with Crippen LogP contribution in [0.25, 0.3) is 0 Å². The zero-order valence-electron chi connectivity index (χ0n) is 11.3. The normalized spacial score (nSPS) is 29.5. The van der Waals surface area contributed by atoms with Crippen molar-refractivity contribution in [3.05, 3.63) is 0 Å². The van der Waals surface area contributed by atoms with E-state index in [0.29, 0.717) is 19.6 Å². The quantitative estimate of drug-likeness (QED) is 0.732. The monoisotopic (exact) mass is 290 g/mol. The first-order valence-corrected chi connectivity index (χ1v) is 8.59. The molecule has 2 aliphatic rings. The van der Waals surface area contributed by atoms with Crippen molar-refractivity contribution < 1.29 is 17.9 Å². The number of hydrogen-bond acceptors (Lipinski definition) is 5. The smallest absolute Gasteiger partial charge is 0.240 e. The van der Waals surface area contributed by atoms with Gasteiger partial charge in [0, 0.05) is 19.7 Å². The summed E-state index contributed by atoms with van der Waals surface area (Å²) in [6.45, 7) is 1.76. The van der Waals surface area contributed by atoms with E-state index in [1.54, 1.807) is 12.0 Å². The highest BCUT2D eigenvalue weighted by atomic mass is 32.2. The van der Waals surface area contributed by atoms with Crippen LogP contribution in [0.3, 0.4) is 0 Å². The molecule has 2 aliphatic heterocycles. The Bertz CT molecular complexity index is 417. The number of carbonyl (C=O) groups is 1. The Morgan fingerprint density at radius 2 is 2.21 bits per heavy atom. The Morgan fingerprint density at radius 1 is 1.42 bits per heavy atom. The first kappa shape index (κ1) is 14.7. The fraction of sp³-hybridized carbons (Fsp3) is 0.917. The standard InChI is InChI=1S/C12H22N2O4S/c1-18-7-6-14(10-4-8-19(16,17)9-10)12(15)11-3-2-5-13-11/h10-11,13H,2-9H2,1H3. The van der Waals surface area contributed by atoms with Gasteiger partial charge in [-0.15, -0.1) is 0 Å². The van der Waals surface area contributed by atoms with Crippen LogP contribution in [0.15, 0.2) is 0 Å². The summed E-state index contributed by atoms with van der Waals surface area (Å²) in [4.78, 5) is 14.2. The van der Waals surface area contributed by atoms with E-state index in [4.69, 9.17) is 4.74 Å². The van der Waals surface area contributed by atoms with Gasteiger partial charge in [-0.25, -0.2) is 8.42 Å². The predicted molar refractivity (Wildman–Crippen MR) is 71.7 cm³/mol. The van der Waals surface area contributed by atoms with Crippen molar-refractivity contribution in [2.45, 2.75) is 31.3 Å². The van der Waals surface area contributed by atoms with Crippen molar-refractivity contribution in [2.24, 2.45) is 0 Å². The lowest BCUT2D eigenvalue weighted by atomic mass is 10.1. The first-order chi connectivity index (χ1) is 9.03. The number of sulfone groups is 1. The number of carbonyl (C=O) groups excluding carboxylic acids is 1. The van der Waals surface area contributed by atoms with E-state index in [9.17, 15) is 13.2 Å². The van der Waals surface area contributed by atoms with E-state index in [1.165, 1.54) is 0 Å². The van der Waals surface area contributed by atoms with Gasteiger partial charge in [-0.2, -0.15) is 0 Å². The molecule has 0 saturated carbocycles. The molecule has 7 heteroatoms. The molecule has 2 fully saturated rings. The van der Waals surface area contributed by atoms with Gasteiger partial charge in [0.25, 0.3) is 0 Å². The summed E-state index contributed by atoms with van der Waals surface area (Å²) in [5.41, 5.74) is 0. The van der Waals surface area contributed by atoms with Crippen LogP contribution >= 0.6 is 0 Å². The summed E-state index contributed by atoms with van der Waals surface area (Å²) in [5, 5.41) is 3.18. The summed E-state index contributed by atoms with van der Waals surface area (Å²) in [7, 11) is -1.39. The van der Waals surface area contributed by atoms with Crippen molar-refractivity contribution in [1.82, 2.24) is 10.2 Å². The summed E-state index contributed by atoms with van der Waals surface area (Å²) in [6, 6.07) is -0.338. The molecule has 0 spiro atoms. The molecular weight excluding hydrogens is 268 g/mol. The number of ether oxygens (including phenoxy) is 1. The van der Waals surface area contributed by atoms with Crippen LogP contribution in [-0.4, -0.2) is 69.6 Å².